The van der Waals surface area contributed by atoms with Crippen LogP contribution < -0.4 is 15.4 Å². The summed E-state index contributed by atoms with van der Waals surface area (Å²) in [6.07, 6.45) is 0.360. The Labute approximate surface area is 225 Å². The maximum absolute atomic E-state index is 12.2. The number of halogens is 1. The number of benzene rings is 3. The molecule has 0 aliphatic heterocycles. The standard InChI is InChI=1S/C28H27ClN2O7/c1-2-36-28(35)19-6-10-21(11-7-19)31-26(33)18-37-27(34)5-3-4-25(32)30-22-12-16-24(17-13-22)38-23-14-8-20(29)9-15-23/h6-17H,2-5,18H2,1H3,(H,30,32)(H,31,33). The van der Waals surface area contributed by atoms with Crippen molar-refractivity contribution in [2.24, 2.45) is 0 Å². The molecule has 0 bridgehead atoms. The van der Waals surface area contributed by atoms with E-state index in [1.54, 1.807) is 67.6 Å². The van der Waals surface area contributed by atoms with E-state index in [1.165, 1.54) is 12.1 Å². The number of anilines is 2. The van der Waals surface area contributed by atoms with Gasteiger partial charge in [-0.05, 0) is 86.1 Å². The van der Waals surface area contributed by atoms with Gasteiger partial charge in [-0.2, -0.15) is 0 Å². The number of carbonyl (C=O) groups is 4. The molecule has 3 rings (SSSR count). The van der Waals surface area contributed by atoms with Crippen LogP contribution in [0, 0.1) is 0 Å². The van der Waals surface area contributed by atoms with Gasteiger partial charge in [0.15, 0.2) is 6.61 Å². The number of ether oxygens (including phenoxy) is 3. The lowest BCUT2D eigenvalue weighted by Crippen LogP contribution is -2.21. The largest absolute Gasteiger partial charge is 0.462 e. The Morgan fingerprint density at radius 1 is 0.711 bits per heavy atom. The van der Waals surface area contributed by atoms with Gasteiger partial charge in [-0.3, -0.25) is 14.4 Å². The van der Waals surface area contributed by atoms with Crippen LogP contribution in [-0.2, 0) is 23.9 Å². The van der Waals surface area contributed by atoms with E-state index in [4.69, 9.17) is 25.8 Å². The van der Waals surface area contributed by atoms with Gasteiger partial charge in [0.25, 0.3) is 5.91 Å². The Balaban J connectivity index is 1.31. The summed E-state index contributed by atoms with van der Waals surface area (Å²) in [7, 11) is 0. The summed E-state index contributed by atoms with van der Waals surface area (Å²) in [6, 6.07) is 20.0. The first-order valence-electron chi connectivity index (χ1n) is 11.9. The first-order valence-corrected chi connectivity index (χ1v) is 12.3. The van der Waals surface area contributed by atoms with Crippen LogP contribution in [0.2, 0.25) is 5.02 Å². The van der Waals surface area contributed by atoms with Crippen molar-refractivity contribution in [1.29, 1.82) is 0 Å². The highest BCUT2D eigenvalue weighted by Gasteiger charge is 2.11. The maximum atomic E-state index is 12.2. The topological polar surface area (TPSA) is 120 Å². The number of carbonyl (C=O) groups excluding carboxylic acids is 4. The molecule has 2 amide bonds. The molecule has 0 atom stereocenters. The molecule has 0 aromatic heterocycles. The lowest BCUT2D eigenvalue weighted by molar-refractivity contribution is -0.147. The average molecular weight is 539 g/mol. The molecule has 0 fully saturated rings. The highest BCUT2D eigenvalue weighted by molar-refractivity contribution is 6.30. The van der Waals surface area contributed by atoms with E-state index in [0.29, 0.717) is 33.5 Å². The zero-order valence-corrected chi connectivity index (χ0v) is 21.5. The number of esters is 2. The Bertz CT molecular complexity index is 1240. The summed E-state index contributed by atoms with van der Waals surface area (Å²) >= 11 is 5.86. The zero-order valence-electron chi connectivity index (χ0n) is 20.7. The molecule has 9 nitrogen and oxygen atoms in total. The monoisotopic (exact) mass is 538 g/mol. The third-order valence-electron chi connectivity index (χ3n) is 5.02. The van der Waals surface area contributed by atoms with E-state index in [2.05, 4.69) is 10.6 Å². The highest BCUT2D eigenvalue weighted by atomic mass is 35.5. The maximum Gasteiger partial charge on any atom is 0.338 e. The van der Waals surface area contributed by atoms with E-state index < -0.39 is 24.5 Å². The van der Waals surface area contributed by atoms with Gasteiger partial charge in [0, 0.05) is 29.2 Å². The summed E-state index contributed by atoms with van der Waals surface area (Å²) in [5.74, 6) is -0.581. The van der Waals surface area contributed by atoms with Crippen LogP contribution in [0.1, 0.15) is 36.5 Å². The van der Waals surface area contributed by atoms with Crippen LogP contribution in [0.25, 0.3) is 0 Å². The Morgan fingerprint density at radius 3 is 1.87 bits per heavy atom. The number of nitrogens with one attached hydrogen (secondary N) is 2. The summed E-state index contributed by atoms with van der Waals surface area (Å²) < 4.78 is 15.6. The molecule has 0 saturated carbocycles. The zero-order chi connectivity index (χ0) is 27.3. The van der Waals surface area contributed by atoms with Gasteiger partial charge in [-0.15, -0.1) is 0 Å². The minimum Gasteiger partial charge on any atom is -0.462 e. The Kier molecular flexibility index (Phi) is 10.7. The molecule has 0 saturated heterocycles. The molecule has 3 aromatic rings. The smallest absolute Gasteiger partial charge is 0.338 e. The molecular weight excluding hydrogens is 512 g/mol. The van der Waals surface area contributed by atoms with Crippen LogP contribution in [0.15, 0.2) is 72.8 Å². The number of amides is 2. The predicted molar refractivity (Wildman–Crippen MR) is 142 cm³/mol. The summed E-state index contributed by atoms with van der Waals surface area (Å²) in [6.45, 7) is 1.52. The Morgan fingerprint density at radius 2 is 1.26 bits per heavy atom. The van der Waals surface area contributed by atoms with Gasteiger partial charge in [-0.25, -0.2) is 4.79 Å². The molecular formula is C28H27ClN2O7. The lowest BCUT2D eigenvalue weighted by Gasteiger charge is -2.09. The minimum atomic E-state index is -0.589. The molecule has 3 aromatic carbocycles. The Hall–Kier alpha value is -4.37. The van der Waals surface area contributed by atoms with E-state index in [-0.39, 0.29) is 31.8 Å². The van der Waals surface area contributed by atoms with Crippen molar-refractivity contribution in [3.8, 4) is 11.5 Å². The fourth-order valence-corrected chi connectivity index (χ4v) is 3.31. The van der Waals surface area contributed by atoms with Crippen molar-refractivity contribution >= 4 is 46.7 Å². The third kappa shape index (κ3) is 9.59. The summed E-state index contributed by atoms with van der Waals surface area (Å²) in [5.41, 5.74) is 1.40. The van der Waals surface area contributed by atoms with Crippen LogP contribution in [0.5, 0.6) is 11.5 Å². The second kappa shape index (κ2) is 14.4. The van der Waals surface area contributed by atoms with E-state index >= 15 is 0 Å². The molecule has 38 heavy (non-hydrogen) atoms. The van der Waals surface area contributed by atoms with Crippen molar-refractivity contribution in [2.45, 2.75) is 26.2 Å². The van der Waals surface area contributed by atoms with Crippen molar-refractivity contribution in [1.82, 2.24) is 0 Å². The van der Waals surface area contributed by atoms with E-state index in [0.717, 1.165) is 0 Å². The predicted octanol–water partition coefficient (Wildman–Crippen LogP) is 5.60. The van der Waals surface area contributed by atoms with Crippen molar-refractivity contribution in [2.75, 3.05) is 23.8 Å². The highest BCUT2D eigenvalue weighted by Crippen LogP contribution is 2.24. The first-order chi connectivity index (χ1) is 18.3. The van der Waals surface area contributed by atoms with Gasteiger partial charge in [0.05, 0.1) is 12.2 Å². The van der Waals surface area contributed by atoms with Crippen LogP contribution in [0.4, 0.5) is 11.4 Å². The quantitative estimate of drug-likeness (QED) is 0.288. The lowest BCUT2D eigenvalue weighted by atomic mass is 10.2. The van der Waals surface area contributed by atoms with E-state index in [1.807, 2.05) is 0 Å². The van der Waals surface area contributed by atoms with Crippen LogP contribution >= 0.6 is 11.6 Å². The van der Waals surface area contributed by atoms with Gasteiger partial charge in [-0.1, -0.05) is 11.6 Å². The van der Waals surface area contributed by atoms with Gasteiger partial charge >= 0.3 is 11.9 Å². The third-order valence-corrected chi connectivity index (χ3v) is 5.27. The van der Waals surface area contributed by atoms with Crippen LogP contribution in [-0.4, -0.2) is 37.0 Å². The fraction of sp³-hybridized carbons (Fsp3) is 0.214. The number of hydrogen-bond donors (Lipinski definition) is 2. The fourth-order valence-electron chi connectivity index (χ4n) is 3.18. The molecule has 0 aliphatic carbocycles. The SMILES string of the molecule is CCOC(=O)c1ccc(NC(=O)COC(=O)CCCC(=O)Nc2ccc(Oc3ccc(Cl)cc3)cc2)cc1. The summed E-state index contributed by atoms with van der Waals surface area (Å²) in [5, 5.41) is 5.94. The molecule has 198 valence electrons. The van der Waals surface area contributed by atoms with E-state index in [9.17, 15) is 19.2 Å². The normalized spacial score (nSPS) is 10.3. The molecule has 2 N–H and O–H groups in total. The second-order valence-corrected chi connectivity index (χ2v) is 8.43. The molecule has 0 heterocycles. The summed E-state index contributed by atoms with van der Waals surface area (Å²) in [4.78, 5) is 47.8. The van der Waals surface area contributed by atoms with Crippen molar-refractivity contribution in [3.05, 3.63) is 83.4 Å². The minimum absolute atomic E-state index is 0.0111. The molecule has 10 heteroatoms. The average Bonchev–Trinajstić information content (AvgIpc) is 2.90. The van der Waals surface area contributed by atoms with Crippen LogP contribution in [0.3, 0.4) is 0 Å². The molecule has 0 unspecified atom stereocenters. The van der Waals surface area contributed by atoms with Crippen molar-refractivity contribution < 1.29 is 33.4 Å². The van der Waals surface area contributed by atoms with Gasteiger partial charge < -0.3 is 24.8 Å². The second-order valence-electron chi connectivity index (χ2n) is 7.99. The molecule has 0 aliphatic rings. The van der Waals surface area contributed by atoms with Gasteiger partial charge in [0.1, 0.15) is 11.5 Å². The van der Waals surface area contributed by atoms with Gasteiger partial charge in [0.2, 0.25) is 5.91 Å². The molecule has 0 radical (unpaired) electrons. The molecule has 0 spiro atoms. The first kappa shape index (κ1) is 28.2. The number of rotatable bonds is 12. The number of hydrogen-bond acceptors (Lipinski definition) is 7. The van der Waals surface area contributed by atoms with Crippen molar-refractivity contribution in [3.63, 3.8) is 0 Å².